The Morgan fingerprint density at radius 3 is 2.65 bits per heavy atom. The number of thiophene rings is 1. The number of hydrogen-bond donors (Lipinski definition) is 1. The Kier molecular flexibility index (Phi) is 6.39. The SMILES string of the molecule is COc1ccc(NC(=O)CSc2ncnc3sc(C)c(-c4ccccc4)c23)c(OC)c1. The monoisotopic (exact) mass is 451 g/mol. The first kappa shape index (κ1) is 21.1. The van der Waals surface area contributed by atoms with Gasteiger partial charge in [-0.25, -0.2) is 9.97 Å². The van der Waals surface area contributed by atoms with Crippen molar-refractivity contribution in [1.29, 1.82) is 0 Å². The molecule has 0 atom stereocenters. The van der Waals surface area contributed by atoms with Crippen molar-refractivity contribution in [3.05, 3.63) is 59.7 Å². The Morgan fingerprint density at radius 2 is 1.90 bits per heavy atom. The van der Waals surface area contributed by atoms with E-state index in [4.69, 9.17) is 9.47 Å². The number of aromatic nitrogens is 2. The van der Waals surface area contributed by atoms with Crippen LogP contribution in [-0.4, -0.2) is 35.8 Å². The normalized spacial score (nSPS) is 10.8. The van der Waals surface area contributed by atoms with Gasteiger partial charge in [0.05, 0.1) is 31.0 Å². The van der Waals surface area contributed by atoms with Crippen LogP contribution in [0, 0.1) is 6.92 Å². The maximum absolute atomic E-state index is 12.6. The van der Waals surface area contributed by atoms with Crippen LogP contribution in [0.4, 0.5) is 5.69 Å². The standard InChI is InChI=1S/C23H21N3O3S2/c1-14-20(15-7-5-4-6-8-15)21-22(24-13-25-23(21)31-14)30-12-19(27)26-17-10-9-16(28-2)11-18(17)29-3/h4-11,13H,12H2,1-3H3,(H,26,27). The Morgan fingerprint density at radius 1 is 1.10 bits per heavy atom. The number of carbonyl (C=O) groups is 1. The van der Waals surface area contributed by atoms with Gasteiger partial charge in [0.1, 0.15) is 27.7 Å². The van der Waals surface area contributed by atoms with Gasteiger partial charge < -0.3 is 14.8 Å². The molecule has 6 nitrogen and oxygen atoms in total. The van der Waals surface area contributed by atoms with E-state index in [2.05, 4.69) is 34.3 Å². The molecule has 0 unspecified atom stereocenters. The number of ether oxygens (including phenoxy) is 2. The molecule has 2 aromatic heterocycles. The van der Waals surface area contributed by atoms with Crippen LogP contribution in [0.25, 0.3) is 21.3 Å². The zero-order chi connectivity index (χ0) is 21.8. The van der Waals surface area contributed by atoms with Gasteiger partial charge >= 0.3 is 0 Å². The molecule has 4 rings (SSSR count). The summed E-state index contributed by atoms with van der Waals surface area (Å²) in [4.78, 5) is 23.7. The van der Waals surface area contributed by atoms with E-state index in [1.807, 2.05) is 18.2 Å². The Hall–Kier alpha value is -3.10. The minimum Gasteiger partial charge on any atom is -0.497 e. The summed E-state index contributed by atoms with van der Waals surface area (Å²) < 4.78 is 10.6. The van der Waals surface area contributed by atoms with Crippen molar-refractivity contribution in [2.75, 3.05) is 25.3 Å². The van der Waals surface area contributed by atoms with Gasteiger partial charge in [0, 0.05) is 16.5 Å². The van der Waals surface area contributed by atoms with Gasteiger partial charge in [-0.15, -0.1) is 11.3 Å². The fourth-order valence-corrected chi connectivity index (χ4v) is 5.18. The third-order valence-electron chi connectivity index (χ3n) is 4.71. The Balaban J connectivity index is 1.57. The van der Waals surface area contributed by atoms with Crippen molar-refractivity contribution in [2.45, 2.75) is 11.9 Å². The first-order chi connectivity index (χ1) is 15.1. The molecule has 2 heterocycles. The summed E-state index contributed by atoms with van der Waals surface area (Å²) in [7, 11) is 3.14. The number of hydrogen-bond acceptors (Lipinski definition) is 7. The molecule has 158 valence electrons. The van der Waals surface area contributed by atoms with E-state index in [9.17, 15) is 4.79 Å². The number of amides is 1. The zero-order valence-corrected chi connectivity index (χ0v) is 19.0. The topological polar surface area (TPSA) is 73.3 Å². The van der Waals surface area contributed by atoms with E-state index in [0.29, 0.717) is 17.2 Å². The van der Waals surface area contributed by atoms with Gasteiger partial charge in [0.25, 0.3) is 0 Å². The largest absolute Gasteiger partial charge is 0.497 e. The van der Waals surface area contributed by atoms with Crippen LogP contribution in [0.5, 0.6) is 11.5 Å². The highest BCUT2D eigenvalue weighted by atomic mass is 32.2. The fourth-order valence-electron chi connectivity index (χ4n) is 3.30. The first-order valence-electron chi connectivity index (χ1n) is 9.55. The number of rotatable bonds is 7. The Labute approximate surface area is 188 Å². The summed E-state index contributed by atoms with van der Waals surface area (Å²) in [5.74, 6) is 1.27. The summed E-state index contributed by atoms with van der Waals surface area (Å²) in [5.41, 5.74) is 2.84. The molecule has 0 aliphatic rings. The molecule has 0 spiro atoms. The Bertz CT molecular complexity index is 1230. The molecule has 31 heavy (non-hydrogen) atoms. The van der Waals surface area contributed by atoms with E-state index in [-0.39, 0.29) is 11.7 Å². The van der Waals surface area contributed by atoms with Gasteiger partial charge in [-0.3, -0.25) is 4.79 Å². The predicted octanol–water partition coefficient (Wildman–Crippen LogP) is 5.41. The van der Waals surface area contributed by atoms with Crippen molar-refractivity contribution in [3.63, 3.8) is 0 Å². The second-order valence-corrected chi connectivity index (χ2v) is 8.83. The molecular weight excluding hydrogens is 430 g/mol. The van der Waals surface area contributed by atoms with E-state index in [1.165, 1.54) is 16.6 Å². The average molecular weight is 452 g/mol. The first-order valence-corrected chi connectivity index (χ1v) is 11.3. The quantitative estimate of drug-likeness (QED) is 0.299. The summed E-state index contributed by atoms with van der Waals surface area (Å²) in [6.45, 7) is 2.09. The van der Waals surface area contributed by atoms with Crippen molar-refractivity contribution in [2.24, 2.45) is 0 Å². The van der Waals surface area contributed by atoms with E-state index in [1.54, 1.807) is 50.1 Å². The average Bonchev–Trinajstić information content (AvgIpc) is 3.14. The zero-order valence-electron chi connectivity index (χ0n) is 17.3. The molecule has 1 N–H and O–H groups in total. The van der Waals surface area contributed by atoms with Gasteiger partial charge in [-0.1, -0.05) is 42.1 Å². The van der Waals surface area contributed by atoms with Crippen LogP contribution in [0.2, 0.25) is 0 Å². The van der Waals surface area contributed by atoms with Crippen LogP contribution < -0.4 is 14.8 Å². The third-order valence-corrected chi connectivity index (χ3v) is 6.72. The molecule has 0 radical (unpaired) electrons. The molecule has 1 amide bonds. The molecule has 0 aliphatic carbocycles. The number of nitrogens with one attached hydrogen (secondary N) is 1. The van der Waals surface area contributed by atoms with Crippen LogP contribution in [0.15, 0.2) is 59.9 Å². The van der Waals surface area contributed by atoms with Crippen molar-refractivity contribution >= 4 is 44.9 Å². The van der Waals surface area contributed by atoms with Crippen molar-refractivity contribution in [3.8, 4) is 22.6 Å². The molecule has 8 heteroatoms. The smallest absolute Gasteiger partial charge is 0.234 e. The number of carbonyl (C=O) groups excluding carboxylic acids is 1. The number of fused-ring (bicyclic) bond motifs is 1. The minimum atomic E-state index is -0.145. The molecule has 0 saturated carbocycles. The fraction of sp³-hybridized carbons (Fsp3) is 0.174. The highest BCUT2D eigenvalue weighted by molar-refractivity contribution is 8.00. The highest BCUT2D eigenvalue weighted by Crippen LogP contribution is 2.41. The third kappa shape index (κ3) is 4.50. The maximum Gasteiger partial charge on any atom is 0.234 e. The van der Waals surface area contributed by atoms with Gasteiger partial charge in [-0.05, 0) is 24.6 Å². The number of anilines is 1. The molecule has 0 fully saturated rings. The number of nitrogens with zero attached hydrogens (tertiary/aromatic N) is 2. The van der Waals surface area contributed by atoms with Crippen LogP contribution in [0.1, 0.15) is 4.88 Å². The van der Waals surface area contributed by atoms with Gasteiger partial charge in [0.2, 0.25) is 5.91 Å². The number of methoxy groups -OCH3 is 2. The maximum atomic E-state index is 12.6. The van der Waals surface area contributed by atoms with Crippen LogP contribution in [0.3, 0.4) is 0 Å². The number of benzene rings is 2. The van der Waals surface area contributed by atoms with Gasteiger partial charge in [-0.2, -0.15) is 0 Å². The molecule has 2 aromatic carbocycles. The molecule has 4 aromatic rings. The summed E-state index contributed by atoms with van der Waals surface area (Å²) in [6, 6.07) is 15.5. The lowest BCUT2D eigenvalue weighted by Gasteiger charge is -2.11. The second kappa shape index (κ2) is 9.36. The molecule has 0 aliphatic heterocycles. The van der Waals surface area contributed by atoms with E-state index >= 15 is 0 Å². The minimum absolute atomic E-state index is 0.145. The highest BCUT2D eigenvalue weighted by Gasteiger charge is 2.18. The number of aryl methyl sites for hydroxylation is 1. The lowest BCUT2D eigenvalue weighted by Crippen LogP contribution is -2.14. The van der Waals surface area contributed by atoms with Crippen LogP contribution in [-0.2, 0) is 4.79 Å². The van der Waals surface area contributed by atoms with Gasteiger partial charge in [0.15, 0.2) is 0 Å². The lowest BCUT2D eigenvalue weighted by molar-refractivity contribution is -0.113. The molecular formula is C23H21N3O3S2. The lowest BCUT2D eigenvalue weighted by atomic mass is 10.0. The van der Waals surface area contributed by atoms with Crippen molar-refractivity contribution in [1.82, 2.24) is 9.97 Å². The van der Waals surface area contributed by atoms with E-state index < -0.39 is 0 Å². The van der Waals surface area contributed by atoms with Crippen molar-refractivity contribution < 1.29 is 14.3 Å². The number of thioether (sulfide) groups is 1. The predicted molar refractivity (Wildman–Crippen MR) is 126 cm³/mol. The van der Waals surface area contributed by atoms with E-state index in [0.717, 1.165) is 26.4 Å². The summed E-state index contributed by atoms with van der Waals surface area (Å²) in [5, 5.41) is 4.69. The second-order valence-electron chi connectivity index (χ2n) is 6.66. The molecule has 0 saturated heterocycles. The molecule has 0 bridgehead atoms. The van der Waals surface area contributed by atoms with Crippen LogP contribution >= 0.6 is 23.1 Å². The summed E-state index contributed by atoms with van der Waals surface area (Å²) in [6.07, 6.45) is 1.56. The summed E-state index contributed by atoms with van der Waals surface area (Å²) >= 11 is 3.04.